The summed E-state index contributed by atoms with van der Waals surface area (Å²) in [4.78, 5) is 23.8. The normalized spacial score (nSPS) is 12.2. The lowest BCUT2D eigenvalue weighted by atomic mass is 10.1. The molecule has 2 amide bonds. The Morgan fingerprint density at radius 2 is 1.93 bits per heavy atom. The first kappa shape index (κ1) is 19.1. The molecule has 3 aromatic rings. The van der Waals surface area contributed by atoms with Crippen molar-refractivity contribution >= 4 is 34.9 Å². The molecule has 1 atom stereocenters. The fraction of sp³-hybridized carbons (Fsp3) is 0.150. The van der Waals surface area contributed by atoms with Crippen molar-refractivity contribution in [1.82, 2.24) is 15.5 Å². The Labute approximate surface area is 160 Å². The van der Waals surface area contributed by atoms with Gasteiger partial charge in [0.15, 0.2) is 0 Å². The number of carbonyl (C=O) groups excluding carboxylic acids is 2. The van der Waals surface area contributed by atoms with Gasteiger partial charge in [-0.1, -0.05) is 18.2 Å². The lowest BCUT2D eigenvalue weighted by Crippen LogP contribution is -2.42. The lowest BCUT2D eigenvalue weighted by molar-refractivity contribution is -0.119. The molecular weight excluding hydrogens is 363 g/mol. The van der Waals surface area contributed by atoms with Gasteiger partial charge < -0.3 is 15.8 Å². The van der Waals surface area contributed by atoms with Crippen LogP contribution in [0.5, 0.6) is 5.75 Å². The molecule has 2 aromatic carbocycles. The maximum Gasteiger partial charge on any atom is 0.255 e. The van der Waals surface area contributed by atoms with E-state index in [1.165, 1.54) is 26.2 Å². The molecule has 1 heterocycles. The van der Waals surface area contributed by atoms with Crippen LogP contribution in [0.1, 0.15) is 28.5 Å². The van der Waals surface area contributed by atoms with Crippen LogP contribution in [-0.2, 0) is 4.79 Å². The Balaban J connectivity index is 2.00. The molecule has 3 rings (SSSR count). The molecule has 7 nitrogen and oxygen atoms in total. The van der Waals surface area contributed by atoms with Gasteiger partial charge >= 0.3 is 0 Å². The Kier molecular flexibility index (Phi) is 5.39. The van der Waals surface area contributed by atoms with Crippen LogP contribution < -0.4 is 15.8 Å². The molecule has 4 N–H and O–H groups in total. The number of methoxy groups -OCH3 is 1. The minimum absolute atomic E-state index is 0.251. The fourth-order valence-corrected chi connectivity index (χ4v) is 2.71. The average Bonchev–Trinajstić information content (AvgIpc) is 3.09. The van der Waals surface area contributed by atoms with E-state index in [9.17, 15) is 14.0 Å². The van der Waals surface area contributed by atoms with Gasteiger partial charge in [0.2, 0.25) is 5.91 Å². The van der Waals surface area contributed by atoms with Crippen molar-refractivity contribution in [3.63, 3.8) is 0 Å². The number of H-pyrrole nitrogens is 1. The van der Waals surface area contributed by atoms with E-state index in [4.69, 9.17) is 10.5 Å². The highest BCUT2D eigenvalue weighted by molar-refractivity contribution is 6.06. The molecule has 0 fully saturated rings. The zero-order valence-corrected chi connectivity index (χ0v) is 15.3. The van der Waals surface area contributed by atoms with Crippen molar-refractivity contribution in [2.45, 2.75) is 13.0 Å². The van der Waals surface area contributed by atoms with Crippen molar-refractivity contribution in [2.24, 2.45) is 5.73 Å². The molecule has 144 valence electrons. The summed E-state index contributed by atoms with van der Waals surface area (Å²) in [6.07, 6.45) is 3.51. The second kappa shape index (κ2) is 7.91. The van der Waals surface area contributed by atoms with Crippen LogP contribution >= 0.6 is 0 Å². The number of rotatable bonds is 6. The lowest BCUT2D eigenvalue weighted by Gasteiger charge is -2.13. The first-order chi connectivity index (χ1) is 13.4. The van der Waals surface area contributed by atoms with E-state index in [2.05, 4.69) is 15.5 Å². The average molecular weight is 382 g/mol. The summed E-state index contributed by atoms with van der Waals surface area (Å²) in [5.74, 6) is -1.12. The van der Waals surface area contributed by atoms with Gasteiger partial charge in [0.05, 0.1) is 29.3 Å². The van der Waals surface area contributed by atoms with E-state index in [1.807, 2.05) is 0 Å². The molecule has 0 bridgehead atoms. The molecule has 0 unspecified atom stereocenters. The monoisotopic (exact) mass is 382 g/mol. The molecule has 0 spiro atoms. The third-order valence-corrected chi connectivity index (χ3v) is 4.24. The summed E-state index contributed by atoms with van der Waals surface area (Å²) >= 11 is 0. The molecule has 0 radical (unpaired) electrons. The number of halogens is 1. The summed E-state index contributed by atoms with van der Waals surface area (Å²) in [7, 11) is 1.45. The molecule has 0 saturated heterocycles. The second-order valence-corrected chi connectivity index (χ2v) is 6.16. The third-order valence-electron chi connectivity index (χ3n) is 4.24. The first-order valence-electron chi connectivity index (χ1n) is 8.49. The summed E-state index contributed by atoms with van der Waals surface area (Å²) in [6.45, 7) is 1.50. The number of primary amides is 1. The first-order valence-corrected chi connectivity index (χ1v) is 8.49. The van der Waals surface area contributed by atoms with Crippen LogP contribution in [0.2, 0.25) is 0 Å². The highest BCUT2D eigenvalue weighted by Gasteiger charge is 2.21. The second-order valence-electron chi connectivity index (χ2n) is 6.16. The molecule has 1 aromatic heterocycles. The molecular formula is C20H19FN4O3. The summed E-state index contributed by atoms with van der Waals surface area (Å²) in [5, 5.41) is 10.3. The minimum atomic E-state index is -0.824. The van der Waals surface area contributed by atoms with Crippen LogP contribution in [0.25, 0.3) is 23.1 Å². The van der Waals surface area contributed by atoms with Gasteiger partial charge in [-0.3, -0.25) is 14.7 Å². The van der Waals surface area contributed by atoms with Gasteiger partial charge in [0.25, 0.3) is 5.91 Å². The van der Waals surface area contributed by atoms with Crippen LogP contribution in [0.15, 0.2) is 36.4 Å². The minimum Gasteiger partial charge on any atom is -0.495 e. The smallest absolute Gasteiger partial charge is 0.255 e. The number of ether oxygens (including phenoxy) is 1. The van der Waals surface area contributed by atoms with Gasteiger partial charge in [-0.05, 0) is 42.8 Å². The number of nitrogens with two attached hydrogens (primary N) is 1. The Hall–Kier alpha value is -3.68. The van der Waals surface area contributed by atoms with Gasteiger partial charge in [0, 0.05) is 0 Å². The molecule has 8 heteroatoms. The van der Waals surface area contributed by atoms with Crippen LogP contribution in [-0.4, -0.2) is 35.2 Å². The molecule has 0 aliphatic heterocycles. The number of nitrogens with zero attached hydrogens (tertiary/aromatic N) is 1. The predicted octanol–water partition coefficient (Wildman–Crippen LogP) is 2.48. The quantitative estimate of drug-likeness (QED) is 0.608. The van der Waals surface area contributed by atoms with Crippen molar-refractivity contribution in [3.8, 4) is 5.75 Å². The van der Waals surface area contributed by atoms with E-state index in [1.54, 1.807) is 36.4 Å². The number of hydrogen-bond donors (Lipinski definition) is 3. The summed E-state index contributed by atoms with van der Waals surface area (Å²) in [5.41, 5.74) is 7.47. The highest BCUT2D eigenvalue weighted by atomic mass is 19.1. The van der Waals surface area contributed by atoms with E-state index in [0.29, 0.717) is 22.3 Å². The third kappa shape index (κ3) is 3.85. The number of benzene rings is 2. The standard InChI is InChI=1S/C20H19FN4O3/c1-11(19(22)26)23-20(27)14-8-10-16-17(18(14)28-2)15(24-25-16)9-5-12-3-6-13(21)7-4-12/h3-11H,1-2H3,(H2,22,26)(H,23,27)(H,24,25)/b9-5+/t11-/m0/s1. The van der Waals surface area contributed by atoms with Gasteiger partial charge in [-0.25, -0.2) is 4.39 Å². The predicted molar refractivity (Wildman–Crippen MR) is 104 cm³/mol. The topological polar surface area (TPSA) is 110 Å². The summed E-state index contributed by atoms with van der Waals surface area (Å²) in [6, 6.07) is 8.47. The molecule has 28 heavy (non-hydrogen) atoms. The summed E-state index contributed by atoms with van der Waals surface area (Å²) < 4.78 is 18.5. The highest BCUT2D eigenvalue weighted by Crippen LogP contribution is 2.32. The van der Waals surface area contributed by atoms with Crippen molar-refractivity contribution < 1.29 is 18.7 Å². The zero-order chi connectivity index (χ0) is 20.3. The fourth-order valence-electron chi connectivity index (χ4n) is 2.71. The molecule has 0 aliphatic rings. The number of fused-ring (bicyclic) bond motifs is 1. The zero-order valence-electron chi connectivity index (χ0n) is 15.3. The molecule has 0 saturated carbocycles. The Morgan fingerprint density at radius 1 is 1.21 bits per heavy atom. The maximum absolute atomic E-state index is 13.0. The van der Waals surface area contributed by atoms with Crippen molar-refractivity contribution in [3.05, 3.63) is 59.0 Å². The van der Waals surface area contributed by atoms with E-state index >= 15 is 0 Å². The van der Waals surface area contributed by atoms with E-state index < -0.39 is 17.9 Å². The van der Waals surface area contributed by atoms with Gasteiger partial charge in [-0.15, -0.1) is 0 Å². The van der Waals surface area contributed by atoms with Crippen LogP contribution in [0.3, 0.4) is 0 Å². The number of amides is 2. The Bertz CT molecular complexity index is 1060. The molecule has 0 aliphatic carbocycles. The van der Waals surface area contributed by atoms with Crippen molar-refractivity contribution in [2.75, 3.05) is 7.11 Å². The largest absolute Gasteiger partial charge is 0.495 e. The number of carbonyl (C=O) groups is 2. The van der Waals surface area contributed by atoms with Crippen LogP contribution in [0.4, 0.5) is 4.39 Å². The van der Waals surface area contributed by atoms with Gasteiger partial charge in [-0.2, -0.15) is 5.10 Å². The van der Waals surface area contributed by atoms with Gasteiger partial charge in [0.1, 0.15) is 17.6 Å². The number of nitrogens with one attached hydrogen (secondary N) is 2. The number of hydrogen-bond acceptors (Lipinski definition) is 4. The van der Waals surface area contributed by atoms with Crippen LogP contribution in [0, 0.1) is 5.82 Å². The van der Waals surface area contributed by atoms with E-state index in [-0.39, 0.29) is 11.4 Å². The SMILES string of the molecule is COc1c(C(=O)N[C@@H](C)C(N)=O)ccc2[nH]nc(/C=C/c3ccc(F)cc3)c12. The number of aromatic nitrogens is 2. The van der Waals surface area contributed by atoms with Crippen molar-refractivity contribution in [1.29, 1.82) is 0 Å². The Morgan fingerprint density at radius 3 is 2.57 bits per heavy atom. The number of aromatic amines is 1. The maximum atomic E-state index is 13.0. The van der Waals surface area contributed by atoms with E-state index in [0.717, 1.165) is 5.56 Å².